The number of hydrogen-bond donors (Lipinski definition) is 1. The highest BCUT2D eigenvalue weighted by Gasteiger charge is 2.22. The molecule has 0 fully saturated rings. The number of halogens is 1. The molecule has 1 unspecified atom stereocenters. The molecule has 0 aliphatic carbocycles. The van der Waals surface area contributed by atoms with Gasteiger partial charge in [0.2, 0.25) is 0 Å². The Balaban J connectivity index is 2.54. The van der Waals surface area contributed by atoms with Crippen molar-refractivity contribution in [1.29, 1.82) is 0 Å². The summed E-state index contributed by atoms with van der Waals surface area (Å²) in [5, 5.41) is 0.646. The van der Waals surface area contributed by atoms with Crippen molar-refractivity contribution >= 4 is 11.6 Å². The number of nitrogens with two attached hydrogens (primary N) is 1. The van der Waals surface area contributed by atoms with E-state index in [1.165, 1.54) is 0 Å². The maximum Gasteiger partial charge on any atom is 0.180 e. The van der Waals surface area contributed by atoms with Gasteiger partial charge >= 0.3 is 0 Å². The molecule has 16 heavy (non-hydrogen) atoms. The van der Waals surface area contributed by atoms with Crippen LogP contribution in [0.2, 0.25) is 5.02 Å². The van der Waals surface area contributed by atoms with Crippen molar-refractivity contribution in [1.82, 2.24) is 0 Å². The van der Waals surface area contributed by atoms with E-state index in [1.807, 2.05) is 13.0 Å². The third-order valence-corrected chi connectivity index (χ3v) is 3.24. The van der Waals surface area contributed by atoms with Crippen LogP contribution < -0.4 is 15.2 Å². The van der Waals surface area contributed by atoms with Crippen LogP contribution in [0.15, 0.2) is 6.07 Å². The lowest BCUT2D eigenvalue weighted by Gasteiger charge is -2.24. The van der Waals surface area contributed by atoms with Crippen LogP contribution in [-0.4, -0.2) is 19.8 Å². The lowest BCUT2D eigenvalue weighted by molar-refractivity contribution is 0.171. The summed E-state index contributed by atoms with van der Waals surface area (Å²) in [6.45, 7) is 5.77. The zero-order valence-corrected chi connectivity index (χ0v) is 10.3. The summed E-state index contributed by atoms with van der Waals surface area (Å²) in [4.78, 5) is 0. The Kier molecular flexibility index (Phi) is 3.26. The molecule has 0 amide bonds. The Labute approximate surface area is 100 Å². The lowest BCUT2D eigenvalue weighted by Crippen LogP contribution is -2.18. The molecule has 0 saturated carbocycles. The summed E-state index contributed by atoms with van der Waals surface area (Å²) >= 11 is 6.35. The molecular formula is C12H16ClNO2. The predicted molar refractivity (Wildman–Crippen MR) is 64.6 cm³/mol. The topological polar surface area (TPSA) is 44.5 Å². The summed E-state index contributed by atoms with van der Waals surface area (Å²) < 4.78 is 11.1. The van der Waals surface area contributed by atoms with Crippen molar-refractivity contribution in [2.24, 2.45) is 5.73 Å². The van der Waals surface area contributed by atoms with E-state index in [0.717, 1.165) is 16.9 Å². The Morgan fingerprint density at radius 1 is 1.44 bits per heavy atom. The molecule has 1 aliphatic heterocycles. The predicted octanol–water partition coefficient (Wildman–Crippen LogP) is 2.48. The number of ether oxygens (including phenoxy) is 2. The smallest absolute Gasteiger partial charge is 0.180 e. The zero-order valence-electron chi connectivity index (χ0n) is 9.55. The number of benzene rings is 1. The van der Waals surface area contributed by atoms with E-state index in [0.29, 0.717) is 30.5 Å². The van der Waals surface area contributed by atoms with E-state index in [2.05, 4.69) is 6.92 Å². The van der Waals surface area contributed by atoms with Gasteiger partial charge in [-0.05, 0) is 36.6 Å². The molecule has 3 nitrogen and oxygen atoms in total. The van der Waals surface area contributed by atoms with Crippen molar-refractivity contribution in [3.8, 4) is 11.5 Å². The fraction of sp³-hybridized carbons (Fsp3) is 0.500. The maximum absolute atomic E-state index is 6.35. The monoisotopic (exact) mass is 241 g/mol. The maximum atomic E-state index is 6.35. The second kappa shape index (κ2) is 4.52. The first-order valence-corrected chi connectivity index (χ1v) is 5.81. The Morgan fingerprint density at radius 3 is 2.81 bits per heavy atom. The average Bonchev–Trinajstić information content (AvgIpc) is 2.28. The first-order chi connectivity index (χ1) is 7.65. The molecule has 0 aromatic heterocycles. The van der Waals surface area contributed by atoms with E-state index in [4.69, 9.17) is 26.8 Å². The van der Waals surface area contributed by atoms with Gasteiger partial charge in [0.1, 0.15) is 13.2 Å². The molecule has 0 saturated heterocycles. The molecule has 1 atom stereocenters. The Hall–Kier alpha value is -0.930. The van der Waals surface area contributed by atoms with E-state index < -0.39 is 0 Å². The fourth-order valence-electron chi connectivity index (χ4n) is 2.00. The summed E-state index contributed by atoms with van der Waals surface area (Å²) in [6, 6.07) is 1.97. The third-order valence-electron chi connectivity index (χ3n) is 2.87. The zero-order chi connectivity index (χ0) is 11.7. The van der Waals surface area contributed by atoms with E-state index >= 15 is 0 Å². The first-order valence-electron chi connectivity index (χ1n) is 5.43. The quantitative estimate of drug-likeness (QED) is 0.865. The lowest BCUT2D eigenvalue weighted by atomic mass is 9.95. The van der Waals surface area contributed by atoms with Crippen LogP contribution in [0.1, 0.15) is 24.0 Å². The standard InChI is InChI=1S/C12H16ClNO2/c1-7-5-9-12(16-4-3-15-9)11(13)10(7)8(2)6-14/h5,8H,3-4,6,14H2,1-2H3. The Bertz CT molecular complexity index is 406. The molecule has 1 aromatic rings. The third kappa shape index (κ3) is 1.85. The average molecular weight is 242 g/mol. The number of aryl methyl sites for hydroxylation is 1. The first kappa shape index (κ1) is 11.6. The van der Waals surface area contributed by atoms with Crippen molar-refractivity contribution in [2.75, 3.05) is 19.8 Å². The van der Waals surface area contributed by atoms with E-state index in [9.17, 15) is 0 Å². The molecule has 2 N–H and O–H groups in total. The second-order valence-corrected chi connectivity index (χ2v) is 4.46. The highest BCUT2D eigenvalue weighted by atomic mass is 35.5. The molecular weight excluding hydrogens is 226 g/mol. The molecule has 4 heteroatoms. The molecule has 1 aliphatic rings. The minimum absolute atomic E-state index is 0.225. The minimum Gasteiger partial charge on any atom is -0.486 e. The van der Waals surface area contributed by atoms with Crippen molar-refractivity contribution in [3.05, 3.63) is 22.2 Å². The van der Waals surface area contributed by atoms with Crippen molar-refractivity contribution in [3.63, 3.8) is 0 Å². The van der Waals surface area contributed by atoms with Gasteiger partial charge < -0.3 is 15.2 Å². The molecule has 0 radical (unpaired) electrons. The molecule has 88 valence electrons. The van der Waals surface area contributed by atoms with Gasteiger partial charge in [-0.3, -0.25) is 0 Å². The van der Waals surface area contributed by atoms with E-state index in [-0.39, 0.29) is 5.92 Å². The van der Waals surface area contributed by atoms with Gasteiger partial charge in [0.05, 0.1) is 5.02 Å². The molecule has 0 bridgehead atoms. The Morgan fingerprint density at radius 2 is 2.12 bits per heavy atom. The summed E-state index contributed by atoms with van der Waals surface area (Å²) in [7, 11) is 0. The minimum atomic E-state index is 0.225. The highest BCUT2D eigenvalue weighted by molar-refractivity contribution is 6.33. The van der Waals surface area contributed by atoms with Crippen molar-refractivity contribution < 1.29 is 9.47 Å². The van der Waals surface area contributed by atoms with Crippen LogP contribution in [0, 0.1) is 6.92 Å². The van der Waals surface area contributed by atoms with Crippen LogP contribution in [0.3, 0.4) is 0 Å². The van der Waals surface area contributed by atoms with Crippen LogP contribution in [-0.2, 0) is 0 Å². The largest absolute Gasteiger partial charge is 0.486 e. The second-order valence-electron chi connectivity index (χ2n) is 4.08. The molecule has 2 rings (SSSR count). The van der Waals surface area contributed by atoms with E-state index in [1.54, 1.807) is 0 Å². The number of fused-ring (bicyclic) bond motifs is 1. The van der Waals surface area contributed by atoms with Crippen LogP contribution in [0.4, 0.5) is 0 Å². The van der Waals surface area contributed by atoms with Gasteiger partial charge in [0, 0.05) is 0 Å². The van der Waals surface area contributed by atoms with Crippen LogP contribution >= 0.6 is 11.6 Å². The summed E-state index contributed by atoms with van der Waals surface area (Å²) in [6.07, 6.45) is 0. The van der Waals surface area contributed by atoms with Crippen molar-refractivity contribution in [2.45, 2.75) is 19.8 Å². The SMILES string of the molecule is Cc1cc2c(c(Cl)c1C(C)CN)OCCO2. The van der Waals surface area contributed by atoms with Crippen LogP contribution in [0.25, 0.3) is 0 Å². The normalized spacial score (nSPS) is 16.0. The van der Waals surface area contributed by atoms with Gasteiger partial charge in [-0.1, -0.05) is 18.5 Å². The van der Waals surface area contributed by atoms with Gasteiger partial charge in [0.15, 0.2) is 11.5 Å². The molecule has 1 heterocycles. The van der Waals surface area contributed by atoms with Gasteiger partial charge in [-0.15, -0.1) is 0 Å². The van der Waals surface area contributed by atoms with Crippen LogP contribution in [0.5, 0.6) is 11.5 Å². The number of rotatable bonds is 2. The van der Waals surface area contributed by atoms with Gasteiger partial charge in [-0.25, -0.2) is 0 Å². The number of hydrogen-bond acceptors (Lipinski definition) is 3. The highest BCUT2D eigenvalue weighted by Crippen LogP contribution is 2.43. The fourth-order valence-corrected chi connectivity index (χ4v) is 2.49. The van der Waals surface area contributed by atoms with Gasteiger partial charge in [-0.2, -0.15) is 0 Å². The van der Waals surface area contributed by atoms with Gasteiger partial charge in [0.25, 0.3) is 0 Å². The molecule has 0 spiro atoms. The molecule has 1 aromatic carbocycles. The summed E-state index contributed by atoms with van der Waals surface area (Å²) in [5.41, 5.74) is 7.85. The summed E-state index contributed by atoms with van der Waals surface area (Å²) in [5.74, 6) is 1.62.